The molecule has 0 heterocycles. The summed E-state index contributed by atoms with van der Waals surface area (Å²) < 4.78 is 67.2. The van der Waals surface area contributed by atoms with Crippen LogP contribution in [0.3, 0.4) is 0 Å². The van der Waals surface area contributed by atoms with Crippen molar-refractivity contribution in [3.05, 3.63) is 47.5 Å². The van der Waals surface area contributed by atoms with E-state index in [2.05, 4.69) is 0 Å². The van der Waals surface area contributed by atoms with Crippen molar-refractivity contribution in [1.82, 2.24) is 6.15 Å². The molecule has 7 nitrogen and oxygen atoms in total. The monoisotopic (exact) mass is 406 g/mol. The Morgan fingerprint density at radius 3 is 2.30 bits per heavy atom. The molecule has 2 aromatic carbocycles. The number of hydrogen-bond donors (Lipinski definition) is 2. The van der Waals surface area contributed by atoms with Gasteiger partial charge in [0.1, 0.15) is 12.4 Å². The lowest BCUT2D eigenvalue weighted by Gasteiger charge is -2.17. The van der Waals surface area contributed by atoms with Gasteiger partial charge in [-0.25, -0.2) is 13.6 Å². The Hall–Kier alpha value is -2.63. The van der Waals surface area contributed by atoms with Crippen LogP contribution in [-0.2, 0) is 21.0 Å². The minimum absolute atomic E-state index is 0. The normalized spacial score (nSPS) is 11.6. The highest BCUT2D eigenvalue weighted by Crippen LogP contribution is 2.39. The molecule has 0 atom stereocenters. The number of carbonyl (C=O) groups is 1. The fourth-order valence-electron chi connectivity index (χ4n) is 2.25. The standard InChI is InChI=1S/C16H14F3NO5S.H3N/c1-9-2-4-11(26(20,23)24)7-12(9)13-6-10(16(17,18)19)3-5-14(13)25-8-15(21)22;/h2-7H,8H2,1H3,(H,21,22)(H2,20,23,24);1H3. The molecule has 2 rings (SSSR count). The van der Waals surface area contributed by atoms with Crippen molar-refractivity contribution in [1.29, 1.82) is 0 Å². The number of primary sulfonamides is 1. The van der Waals surface area contributed by atoms with Gasteiger partial charge in [0.05, 0.1) is 16.4 Å². The molecule has 0 aliphatic carbocycles. The fourth-order valence-corrected chi connectivity index (χ4v) is 2.79. The maximum absolute atomic E-state index is 13.0. The zero-order chi connectivity index (χ0) is 19.7. The molecule has 0 spiro atoms. The summed E-state index contributed by atoms with van der Waals surface area (Å²) in [6, 6.07) is 6.13. The van der Waals surface area contributed by atoms with Crippen LogP contribution < -0.4 is 21.1 Å². The number of aryl methyl sites for hydroxylation is 1. The second-order valence-electron chi connectivity index (χ2n) is 5.39. The van der Waals surface area contributed by atoms with Gasteiger partial charge in [-0.3, -0.25) is 0 Å². The minimum Gasteiger partial charge on any atom is -0.546 e. The van der Waals surface area contributed by atoms with E-state index >= 15 is 0 Å². The zero-order valence-corrected chi connectivity index (χ0v) is 15.1. The number of hydrogen-bond acceptors (Lipinski definition) is 5. The molecule has 0 aliphatic rings. The third kappa shape index (κ3) is 5.42. The summed E-state index contributed by atoms with van der Waals surface area (Å²) >= 11 is 0. The number of sulfonamides is 1. The molecule has 2 aromatic rings. The van der Waals surface area contributed by atoms with Crippen LogP contribution in [0.1, 0.15) is 11.1 Å². The molecule has 0 aromatic heterocycles. The molecule has 0 saturated carbocycles. The van der Waals surface area contributed by atoms with Crippen LogP contribution in [-0.4, -0.2) is 21.0 Å². The molecule has 148 valence electrons. The lowest BCUT2D eigenvalue weighted by molar-refractivity contribution is -0.307. The lowest BCUT2D eigenvalue weighted by atomic mass is 9.97. The van der Waals surface area contributed by atoms with Crippen molar-refractivity contribution in [3.8, 4) is 16.9 Å². The third-order valence-corrected chi connectivity index (χ3v) is 4.39. The van der Waals surface area contributed by atoms with E-state index in [1.54, 1.807) is 6.92 Å². The van der Waals surface area contributed by atoms with Crippen LogP contribution in [0.4, 0.5) is 13.2 Å². The SMILES string of the molecule is Cc1ccc(S(N)(=O)=O)cc1-c1cc(C(F)(F)F)ccc1OCC(=O)[O-].[NH4+]. The number of alkyl halides is 3. The van der Waals surface area contributed by atoms with Gasteiger partial charge in [-0.1, -0.05) is 6.07 Å². The Labute approximate surface area is 153 Å². The predicted octanol–water partition coefficient (Wildman–Crippen LogP) is 1.83. The van der Waals surface area contributed by atoms with E-state index in [1.807, 2.05) is 0 Å². The Morgan fingerprint density at radius 2 is 1.78 bits per heavy atom. The highest BCUT2D eigenvalue weighted by molar-refractivity contribution is 7.89. The Morgan fingerprint density at radius 1 is 1.15 bits per heavy atom. The molecule has 0 aliphatic heterocycles. The molecule has 0 fully saturated rings. The van der Waals surface area contributed by atoms with Crippen molar-refractivity contribution in [3.63, 3.8) is 0 Å². The van der Waals surface area contributed by atoms with Crippen molar-refractivity contribution < 1.29 is 36.2 Å². The summed E-state index contributed by atoms with van der Waals surface area (Å²) in [4.78, 5) is 10.3. The average Bonchev–Trinajstić information content (AvgIpc) is 2.51. The number of rotatable bonds is 5. The maximum atomic E-state index is 13.0. The van der Waals surface area contributed by atoms with Crippen LogP contribution in [0.5, 0.6) is 5.75 Å². The van der Waals surface area contributed by atoms with E-state index < -0.39 is 34.3 Å². The van der Waals surface area contributed by atoms with E-state index in [1.165, 1.54) is 12.1 Å². The second kappa shape index (κ2) is 7.94. The number of benzene rings is 2. The molecule has 0 unspecified atom stereocenters. The van der Waals surface area contributed by atoms with Gasteiger partial charge >= 0.3 is 6.18 Å². The summed E-state index contributed by atoms with van der Waals surface area (Å²) in [5, 5.41) is 15.7. The largest absolute Gasteiger partial charge is 0.546 e. The first-order valence-corrected chi connectivity index (χ1v) is 8.62. The number of halogens is 3. The molecule has 27 heavy (non-hydrogen) atoms. The van der Waals surface area contributed by atoms with Gasteiger partial charge in [-0.2, -0.15) is 13.2 Å². The van der Waals surface area contributed by atoms with Gasteiger partial charge in [0.25, 0.3) is 0 Å². The van der Waals surface area contributed by atoms with Gasteiger partial charge in [0.15, 0.2) is 0 Å². The smallest absolute Gasteiger partial charge is 0.416 e. The second-order valence-corrected chi connectivity index (χ2v) is 6.95. The number of carboxylic acid groups (broad SMARTS) is 1. The Balaban J connectivity index is 0.00000364. The summed E-state index contributed by atoms with van der Waals surface area (Å²) in [5.41, 5.74) is -0.580. The molecular formula is C16H17F3N2O5S. The van der Waals surface area contributed by atoms with Gasteiger partial charge in [-0.05, 0) is 48.4 Å². The van der Waals surface area contributed by atoms with Crippen LogP contribution in [0.25, 0.3) is 11.1 Å². The maximum Gasteiger partial charge on any atom is 0.416 e. The predicted molar refractivity (Wildman–Crippen MR) is 89.5 cm³/mol. The average molecular weight is 406 g/mol. The molecule has 0 saturated heterocycles. The fraction of sp³-hybridized carbons (Fsp3) is 0.188. The highest BCUT2D eigenvalue weighted by Gasteiger charge is 2.31. The number of carboxylic acids is 1. The van der Waals surface area contributed by atoms with Gasteiger partial charge < -0.3 is 20.8 Å². The third-order valence-electron chi connectivity index (χ3n) is 3.48. The van der Waals surface area contributed by atoms with E-state index in [9.17, 15) is 31.5 Å². The summed E-state index contributed by atoms with van der Waals surface area (Å²) in [6.45, 7) is 0.664. The summed E-state index contributed by atoms with van der Waals surface area (Å²) in [7, 11) is -4.09. The molecular weight excluding hydrogens is 389 g/mol. The topological polar surface area (TPSA) is 146 Å². The first kappa shape index (κ1) is 22.4. The first-order chi connectivity index (χ1) is 11.9. The number of quaternary nitrogens is 1. The Kier molecular flexibility index (Phi) is 6.59. The number of nitrogens with two attached hydrogens (primary N) is 1. The van der Waals surface area contributed by atoms with E-state index in [0.717, 1.165) is 24.3 Å². The molecule has 0 radical (unpaired) electrons. The quantitative estimate of drug-likeness (QED) is 0.778. The minimum atomic E-state index is -4.66. The number of ether oxygens (including phenoxy) is 1. The van der Waals surface area contributed by atoms with Crippen molar-refractivity contribution >= 4 is 16.0 Å². The van der Waals surface area contributed by atoms with Crippen LogP contribution in [0, 0.1) is 6.92 Å². The Bertz CT molecular complexity index is 959. The van der Waals surface area contributed by atoms with Gasteiger partial charge in [-0.15, -0.1) is 0 Å². The van der Waals surface area contributed by atoms with E-state index in [-0.39, 0.29) is 27.9 Å². The van der Waals surface area contributed by atoms with Gasteiger partial charge in [0, 0.05) is 5.56 Å². The number of carbonyl (C=O) groups excluding carboxylic acids is 1. The van der Waals surface area contributed by atoms with Crippen molar-refractivity contribution in [2.24, 2.45) is 5.14 Å². The van der Waals surface area contributed by atoms with Crippen molar-refractivity contribution in [2.45, 2.75) is 18.0 Å². The van der Waals surface area contributed by atoms with Crippen LogP contribution in [0.2, 0.25) is 0 Å². The highest BCUT2D eigenvalue weighted by atomic mass is 32.2. The molecule has 6 N–H and O–H groups in total. The molecule has 0 bridgehead atoms. The van der Waals surface area contributed by atoms with E-state index in [4.69, 9.17) is 9.88 Å². The molecule has 0 amide bonds. The lowest BCUT2D eigenvalue weighted by Crippen LogP contribution is -2.29. The first-order valence-electron chi connectivity index (χ1n) is 7.07. The van der Waals surface area contributed by atoms with E-state index in [0.29, 0.717) is 5.56 Å². The summed E-state index contributed by atoms with van der Waals surface area (Å²) in [5.74, 6) is -1.73. The van der Waals surface area contributed by atoms with Gasteiger partial charge in [0.2, 0.25) is 10.0 Å². The molecule has 11 heteroatoms. The van der Waals surface area contributed by atoms with Crippen LogP contribution >= 0.6 is 0 Å². The number of aliphatic carboxylic acids is 1. The van der Waals surface area contributed by atoms with Crippen LogP contribution in [0.15, 0.2) is 41.3 Å². The zero-order valence-electron chi connectivity index (χ0n) is 14.3. The van der Waals surface area contributed by atoms with Crippen molar-refractivity contribution in [2.75, 3.05) is 6.61 Å². The summed E-state index contributed by atoms with van der Waals surface area (Å²) in [6.07, 6.45) is -4.66.